The number of amides is 2. The molecule has 0 rings (SSSR count). The molecule has 0 aliphatic carbocycles. The molecule has 0 aromatic carbocycles. The van der Waals surface area contributed by atoms with Crippen molar-refractivity contribution in [2.45, 2.75) is 23.6 Å². The van der Waals surface area contributed by atoms with E-state index in [1.165, 1.54) is 0 Å². The molecule has 0 spiro atoms. The van der Waals surface area contributed by atoms with Gasteiger partial charge in [0, 0.05) is 0 Å². The number of urea groups is 1. The van der Waals surface area contributed by atoms with Crippen molar-refractivity contribution in [3.8, 4) is 0 Å². The minimum absolute atomic E-state index is 0.424. The van der Waals surface area contributed by atoms with Crippen molar-refractivity contribution in [2.75, 3.05) is 0 Å². The molecule has 5 nitrogen and oxygen atoms in total. The quantitative estimate of drug-likeness (QED) is 0.573. The average Bonchev–Trinajstić information content (AvgIpc) is 1.96. The number of aliphatic carboxylic acids is 1. The first-order chi connectivity index (χ1) is 5.57. The van der Waals surface area contributed by atoms with E-state index >= 15 is 0 Å². The Balaban J connectivity index is 3.87. The van der Waals surface area contributed by atoms with Gasteiger partial charge in [0.25, 0.3) is 0 Å². The van der Waals surface area contributed by atoms with E-state index in [1.54, 1.807) is 0 Å². The Kier molecular flexibility index (Phi) is 5.49. The van der Waals surface area contributed by atoms with Crippen molar-refractivity contribution in [1.29, 1.82) is 0 Å². The molecule has 1 atom stereocenters. The van der Waals surface area contributed by atoms with Crippen LogP contribution in [0.5, 0.6) is 0 Å². The molecule has 0 aromatic rings. The van der Waals surface area contributed by atoms with E-state index in [2.05, 4.69) is 5.32 Å². The number of carbonyl (C=O) groups excluding carboxylic acids is 1. The van der Waals surface area contributed by atoms with Gasteiger partial charge in [-0.15, -0.1) is 0 Å². The zero-order chi connectivity index (χ0) is 9.56. The van der Waals surface area contributed by atoms with Crippen LogP contribution in [0.3, 0.4) is 0 Å². The summed E-state index contributed by atoms with van der Waals surface area (Å²) in [6.45, 7) is 0. The maximum atomic E-state index is 10.5. The van der Waals surface area contributed by atoms with Crippen LogP contribution in [0.25, 0.3) is 0 Å². The zero-order valence-electron chi connectivity index (χ0n) is 6.74. The third-order valence-electron chi connectivity index (χ3n) is 1.23. The summed E-state index contributed by atoms with van der Waals surface area (Å²) in [6, 6.07) is -1.62. The number of carboxylic acids is 1. The number of hydrogen-bond acceptors (Lipinski definition) is 2. The number of primary amides is 1. The second-order valence-electron chi connectivity index (χ2n) is 2.18. The summed E-state index contributed by atoms with van der Waals surface area (Å²) >= 11 is 0.424. The molecular weight excluding hydrogens is 227 g/mol. The fraction of sp³-hybridized carbons (Fsp3) is 0.667. The predicted octanol–water partition coefficient (Wildman–Crippen LogP) is -0.331. The van der Waals surface area contributed by atoms with Crippen LogP contribution < -0.4 is 11.1 Å². The summed E-state index contributed by atoms with van der Waals surface area (Å²) in [4.78, 5) is 20.8. The summed E-state index contributed by atoms with van der Waals surface area (Å²) in [5.74, 6) is 0.981. The summed E-state index contributed by atoms with van der Waals surface area (Å²) in [7, 11) is 0. The second-order valence-corrected chi connectivity index (χ2v) is 4.25. The zero-order valence-corrected chi connectivity index (χ0v) is 8.45. The predicted molar refractivity (Wildman–Crippen MR) is 45.2 cm³/mol. The Bertz CT molecular complexity index is 174. The van der Waals surface area contributed by atoms with Crippen molar-refractivity contribution >= 4 is 27.0 Å². The van der Waals surface area contributed by atoms with Crippen molar-refractivity contribution in [3.63, 3.8) is 0 Å². The fourth-order valence-corrected chi connectivity index (χ4v) is 1.65. The van der Waals surface area contributed by atoms with Crippen molar-refractivity contribution in [1.82, 2.24) is 5.32 Å². The van der Waals surface area contributed by atoms with Gasteiger partial charge in [-0.2, -0.15) is 0 Å². The standard InChI is InChI=1S/C6H12N2O3Se/c1-12-3-2-4(5(9)10)8-6(7)11/h4H,2-3H2,1H3,(H,9,10)(H3,7,8,11)/t4-/m0/s1. The van der Waals surface area contributed by atoms with Crippen LogP contribution >= 0.6 is 0 Å². The minimum atomic E-state index is -1.03. The molecule has 0 bridgehead atoms. The molecule has 4 N–H and O–H groups in total. The Morgan fingerprint density at radius 2 is 2.25 bits per heavy atom. The van der Waals surface area contributed by atoms with Gasteiger partial charge in [-0.1, -0.05) is 0 Å². The first-order valence-corrected chi connectivity index (χ1v) is 6.28. The molecule has 0 radical (unpaired) electrons. The molecule has 70 valence electrons. The number of rotatable bonds is 5. The number of carboxylic acid groups (broad SMARTS) is 1. The number of nitrogens with two attached hydrogens (primary N) is 1. The first kappa shape index (κ1) is 11.3. The van der Waals surface area contributed by atoms with Crippen LogP contribution in [0, 0.1) is 0 Å². The van der Waals surface area contributed by atoms with Crippen LogP contribution in [0.2, 0.25) is 11.1 Å². The van der Waals surface area contributed by atoms with Crippen LogP contribution in [-0.2, 0) is 4.79 Å². The van der Waals surface area contributed by atoms with E-state index < -0.39 is 18.0 Å². The maximum absolute atomic E-state index is 10.5. The van der Waals surface area contributed by atoms with Gasteiger partial charge < -0.3 is 0 Å². The van der Waals surface area contributed by atoms with Crippen molar-refractivity contribution in [2.24, 2.45) is 5.73 Å². The number of carbonyl (C=O) groups is 2. The normalized spacial score (nSPS) is 12.1. The van der Waals surface area contributed by atoms with Crippen molar-refractivity contribution < 1.29 is 14.7 Å². The van der Waals surface area contributed by atoms with Crippen LogP contribution in [0.15, 0.2) is 0 Å². The van der Waals surface area contributed by atoms with Crippen LogP contribution in [0.4, 0.5) is 4.79 Å². The molecular formula is C6H12N2O3Se. The summed E-state index contributed by atoms with van der Waals surface area (Å²) in [6.07, 6.45) is 0.453. The third-order valence-corrected chi connectivity index (χ3v) is 2.58. The molecule has 0 unspecified atom stereocenters. The van der Waals surface area contributed by atoms with E-state index in [4.69, 9.17) is 10.8 Å². The monoisotopic (exact) mass is 240 g/mol. The summed E-state index contributed by atoms with van der Waals surface area (Å²) < 4.78 is 0. The van der Waals surface area contributed by atoms with Gasteiger partial charge in [0.1, 0.15) is 0 Å². The third kappa shape index (κ3) is 4.98. The van der Waals surface area contributed by atoms with Gasteiger partial charge in [-0.3, -0.25) is 0 Å². The van der Waals surface area contributed by atoms with Crippen LogP contribution in [-0.4, -0.2) is 38.1 Å². The molecule has 0 aliphatic rings. The fourth-order valence-electron chi connectivity index (χ4n) is 0.665. The topological polar surface area (TPSA) is 92.4 Å². The van der Waals surface area contributed by atoms with E-state index in [-0.39, 0.29) is 0 Å². The van der Waals surface area contributed by atoms with Gasteiger partial charge >= 0.3 is 76.3 Å². The number of hydrogen-bond donors (Lipinski definition) is 3. The molecule has 0 aliphatic heterocycles. The molecule has 2 amide bonds. The Morgan fingerprint density at radius 3 is 2.58 bits per heavy atom. The summed E-state index contributed by atoms with van der Waals surface area (Å²) in [5, 5.41) is 11.6. The number of nitrogens with one attached hydrogen (secondary N) is 1. The first-order valence-electron chi connectivity index (χ1n) is 3.35. The Morgan fingerprint density at radius 1 is 1.67 bits per heavy atom. The molecule has 0 heterocycles. The molecule has 0 saturated heterocycles. The molecule has 12 heavy (non-hydrogen) atoms. The van der Waals surface area contributed by atoms with E-state index in [1.807, 2.05) is 5.82 Å². The van der Waals surface area contributed by atoms with Gasteiger partial charge in [0.05, 0.1) is 0 Å². The van der Waals surface area contributed by atoms with Gasteiger partial charge in [0.15, 0.2) is 0 Å². The van der Waals surface area contributed by atoms with Crippen molar-refractivity contribution in [3.05, 3.63) is 0 Å². The average molecular weight is 239 g/mol. The summed E-state index contributed by atoms with van der Waals surface area (Å²) in [5.41, 5.74) is 4.79. The van der Waals surface area contributed by atoms with Gasteiger partial charge in [0.2, 0.25) is 0 Å². The molecule has 0 saturated carbocycles. The Labute approximate surface area is 76.9 Å². The van der Waals surface area contributed by atoms with Gasteiger partial charge in [-0.25, -0.2) is 0 Å². The SMILES string of the molecule is C[Se]CC[C@H](NC(N)=O)C(=O)O. The van der Waals surface area contributed by atoms with Crippen LogP contribution in [0.1, 0.15) is 6.42 Å². The van der Waals surface area contributed by atoms with Gasteiger partial charge in [-0.05, 0) is 0 Å². The molecule has 6 heteroatoms. The molecule has 0 aromatic heterocycles. The Hall–Kier alpha value is -0.741. The van der Waals surface area contributed by atoms with E-state index in [9.17, 15) is 9.59 Å². The second kappa shape index (κ2) is 5.85. The molecule has 0 fully saturated rings. The van der Waals surface area contributed by atoms with E-state index in [0.717, 1.165) is 5.32 Å². The van der Waals surface area contributed by atoms with E-state index in [0.29, 0.717) is 21.4 Å².